The topological polar surface area (TPSA) is 164 Å². The van der Waals surface area contributed by atoms with Crippen LogP contribution >= 0.6 is 7.75 Å². The third kappa shape index (κ3) is 6.90. The predicted octanol–water partition coefficient (Wildman–Crippen LogP) is 2.64. The Morgan fingerprint density at radius 1 is 1.20 bits per heavy atom. The van der Waals surface area contributed by atoms with Gasteiger partial charge in [0.25, 0.3) is 0 Å². The number of aliphatic hydroxyl groups excluding tert-OH is 1. The van der Waals surface area contributed by atoms with Crippen LogP contribution in [0.15, 0.2) is 77.7 Å². The molecule has 4 N–H and O–H groups in total. The van der Waals surface area contributed by atoms with Crippen LogP contribution in [0.4, 0.5) is 14.6 Å². The van der Waals surface area contributed by atoms with Crippen LogP contribution in [-0.4, -0.2) is 51.4 Å². The van der Waals surface area contributed by atoms with Gasteiger partial charge < -0.3 is 24.8 Å². The van der Waals surface area contributed by atoms with Gasteiger partial charge in [-0.2, -0.15) is 18.9 Å². The molecule has 15 heteroatoms. The Kier molecular flexibility index (Phi) is 8.96. The molecule has 0 amide bonds. The van der Waals surface area contributed by atoms with E-state index in [-0.39, 0.29) is 18.2 Å². The molecule has 12 nitrogen and oxygen atoms in total. The summed E-state index contributed by atoms with van der Waals surface area (Å²) in [5.74, 6) is -4.85. The van der Waals surface area contributed by atoms with Crippen LogP contribution in [-0.2, 0) is 30.0 Å². The predicted molar refractivity (Wildman–Crippen MR) is 137 cm³/mol. The van der Waals surface area contributed by atoms with E-state index in [1.165, 1.54) is 19.1 Å². The number of halogens is 2. The van der Waals surface area contributed by atoms with E-state index in [0.717, 1.165) is 17.8 Å². The fourth-order valence-electron chi connectivity index (χ4n) is 3.74. The third-order valence-electron chi connectivity index (χ3n) is 5.79. The maximum absolute atomic E-state index is 14.9. The molecule has 0 radical (unpaired) electrons. The molecule has 1 fully saturated rings. The first kappa shape index (κ1) is 29.3. The first-order valence-electron chi connectivity index (χ1n) is 12.0. The van der Waals surface area contributed by atoms with Gasteiger partial charge in [-0.1, -0.05) is 48.5 Å². The molecule has 0 spiro atoms. The fourth-order valence-corrected chi connectivity index (χ4v) is 5.24. The van der Waals surface area contributed by atoms with Crippen LogP contribution in [0, 0.1) is 0 Å². The van der Waals surface area contributed by atoms with E-state index in [0.29, 0.717) is 4.57 Å². The Bertz CT molecular complexity index is 1410. The highest BCUT2D eigenvalue weighted by molar-refractivity contribution is 7.52. The largest absolute Gasteiger partial charge is 0.460 e. The average Bonchev–Trinajstić information content (AvgIpc) is 3.15. The Labute approximate surface area is 227 Å². The van der Waals surface area contributed by atoms with Gasteiger partial charge in [-0.15, -0.1) is 0 Å². The van der Waals surface area contributed by atoms with Crippen molar-refractivity contribution in [2.45, 2.75) is 43.9 Å². The molecule has 1 aliphatic rings. The highest BCUT2D eigenvalue weighted by atomic mass is 31.2. The lowest BCUT2D eigenvalue weighted by atomic mass is 10.1. The summed E-state index contributed by atoms with van der Waals surface area (Å²) >= 11 is 0. The number of esters is 1. The van der Waals surface area contributed by atoms with Gasteiger partial charge in [0.05, 0.1) is 6.61 Å². The number of aliphatic hydroxyl groups is 1. The Morgan fingerprint density at radius 2 is 1.85 bits per heavy atom. The lowest BCUT2D eigenvalue weighted by molar-refractivity contribution is -0.146. The van der Waals surface area contributed by atoms with Crippen molar-refractivity contribution in [1.29, 1.82) is 0 Å². The number of benzene rings is 2. The normalized spacial score (nSPS) is 22.2. The molecular weight excluding hydrogens is 553 g/mol. The molecule has 0 saturated carbocycles. The highest BCUT2D eigenvalue weighted by Crippen LogP contribution is 2.48. The summed E-state index contributed by atoms with van der Waals surface area (Å²) in [5, 5.41) is 12.7. The van der Waals surface area contributed by atoms with Crippen LogP contribution in [0.3, 0.4) is 0 Å². The van der Waals surface area contributed by atoms with Gasteiger partial charge in [0, 0.05) is 6.20 Å². The fraction of sp³-hybridized carbons (Fsp3) is 0.320. The van der Waals surface area contributed by atoms with Gasteiger partial charge in [0.1, 0.15) is 30.3 Å². The molecule has 0 bridgehead atoms. The number of rotatable bonds is 11. The second-order valence-corrected chi connectivity index (χ2v) is 10.5. The number of aromatic nitrogens is 2. The molecule has 40 heavy (non-hydrogen) atoms. The van der Waals surface area contributed by atoms with Gasteiger partial charge >= 0.3 is 25.3 Å². The minimum absolute atomic E-state index is 0.0473. The molecule has 1 saturated heterocycles. The number of nitrogen functional groups attached to an aromatic ring is 1. The van der Waals surface area contributed by atoms with Crippen LogP contribution in [0.2, 0.25) is 0 Å². The SMILES string of the molecule is C[C@H](N[P@@](=O)(OCC1O[C@@H](n2ccc(N)nc2=O)C(F)(F)C1O)Oc1ccccc1)C(=O)OCc1ccccc1. The standard InChI is InChI=1S/C25H27F2N4O8P/c1-16(22(33)36-14-17-8-4-2-5-9-17)30-40(35,39-18-10-6-3-7-11-18)37-15-19-21(32)25(26,27)23(38-19)31-13-12-20(28)29-24(31)34/h2-13,16,19,21,23,32H,14-15H2,1H3,(H,30,35)(H2,28,29,34)/t16-,19?,21?,23+,40+/m0/s1. The first-order chi connectivity index (χ1) is 19.0. The number of hydrogen-bond acceptors (Lipinski definition) is 10. The molecule has 1 aromatic heterocycles. The number of para-hydroxylation sites is 1. The van der Waals surface area contributed by atoms with Crippen LogP contribution in [0.25, 0.3) is 0 Å². The monoisotopic (exact) mass is 580 g/mol. The van der Waals surface area contributed by atoms with E-state index < -0.39 is 56.4 Å². The average molecular weight is 580 g/mol. The van der Waals surface area contributed by atoms with Crippen molar-refractivity contribution in [2.24, 2.45) is 0 Å². The Balaban J connectivity index is 1.47. The lowest BCUT2D eigenvalue weighted by Gasteiger charge is -2.24. The lowest BCUT2D eigenvalue weighted by Crippen LogP contribution is -2.42. The van der Waals surface area contributed by atoms with Gasteiger partial charge in [-0.3, -0.25) is 13.9 Å². The first-order valence-corrected chi connectivity index (χ1v) is 13.6. The minimum Gasteiger partial charge on any atom is -0.460 e. The number of alkyl halides is 2. The number of hydrogen-bond donors (Lipinski definition) is 3. The molecule has 5 atom stereocenters. The molecule has 214 valence electrons. The summed E-state index contributed by atoms with van der Waals surface area (Å²) in [5.41, 5.74) is 5.01. The molecule has 2 aromatic carbocycles. The summed E-state index contributed by atoms with van der Waals surface area (Å²) < 4.78 is 65.3. The molecule has 4 rings (SSSR count). The number of nitrogens with one attached hydrogen (secondary N) is 1. The second-order valence-electron chi connectivity index (χ2n) is 8.83. The maximum Gasteiger partial charge on any atom is 0.459 e. The number of nitrogens with zero attached hydrogens (tertiary/aromatic N) is 2. The van der Waals surface area contributed by atoms with E-state index in [2.05, 4.69) is 10.1 Å². The summed E-state index contributed by atoms with van der Waals surface area (Å²) in [6.07, 6.45) is -5.50. The van der Waals surface area contributed by atoms with Gasteiger partial charge in [0.2, 0.25) is 6.23 Å². The van der Waals surface area contributed by atoms with Crippen LogP contribution < -0.4 is 21.0 Å². The van der Waals surface area contributed by atoms with Crippen molar-refractivity contribution in [1.82, 2.24) is 14.6 Å². The summed E-state index contributed by atoms with van der Waals surface area (Å²) in [7, 11) is -4.46. The molecule has 0 aliphatic carbocycles. The van der Waals surface area contributed by atoms with Crippen molar-refractivity contribution < 1.29 is 41.8 Å². The van der Waals surface area contributed by atoms with Crippen molar-refractivity contribution >= 4 is 19.5 Å². The zero-order chi connectivity index (χ0) is 28.9. The van der Waals surface area contributed by atoms with Crippen molar-refractivity contribution in [3.05, 3.63) is 89.0 Å². The number of nitrogens with two attached hydrogens (primary N) is 1. The summed E-state index contributed by atoms with van der Waals surface area (Å²) in [4.78, 5) is 28.1. The maximum atomic E-state index is 14.9. The van der Waals surface area contributed by atoms with Gasteiger partial charge in [-0.25, -0.2) is 9.36 Å². The van der Waals surface area contributed by atoms with E-state index >= 15 is 0 Å². The molecule has 1 aliphatic heterocycles. The Morgan fingerprint density at radius 3 is 2.50 bits per heavy atom. The quantitative estimate of drug-likeness (QED) is 0.226. The van der Waals surface area contributed by atoms with E-state index in [4.69, 9.17) is 24.3 Å². The third-order valence-corrected chi connectivity index (χ3v) is 7.43. The Hall–Kier alpha value is -3.68. The number of anilines is 1. The molecule has 3 aromatic rings. The number of carbonyl (C=O) groups is 1. The number of carbonyl (C=O) groups excluding carboxylic acids is 1. The molecule has 2 heterocycles. The smallest absolute Gasteiger partial charge is 0.459 e. The van der Waals surface area contributed by atoms with Crippen LogP contribution in [0.5, 0.6) is 5.75 Å². The van der Waals surface area contributed by atoms with Crippen molar-refractivity contribution in [2.75, 3.05) is 12.3 Å². The number of ether oxygens (including phenoxy) is 2. The van der Waals surface area contributed by atoms with Gasteiger partial charge in [0.15, 0.2) is 6.10 Å². The van der Waals surface area contributed by atoms with Crippen LogP contribution in [0.1, 0.15) is 18.7 Å². The van der Waals surface area contributed by atoms with E-state index in [9.17, 15) is 28.0 Å². The second kappa shape index (κ2) is 12.2. The van der Waals surface area contributed by atoms with Gasteiger partial charge in [-0.05, 0) is 30.7 Å². The summed E-state index contributed by atoms with van der Waals surface area (Å²) in [6, 6.07) is 16.5. The zero-order valence-corrected chi connectivity index (χ0v) is 22.0. The van der Waals surface area contributed by atoms with Crippen molar-refractivity contribution in [3.63, 3.8) is 0 Å². The summed E-state index contributed by atoms with van der Waals surface area (Å²) in [6.45, 7) is 0.435. The highest BCUT2D eigenvalue weighted by Gasteiger charge is 2.60. The zero-order valence-electron chi connectivity index (χ0n) is 21.1. The minimum atomic E-state index is -4.46. The van der Waals surface area contributed by atoms with E-state index in [1.54, 1.807) is 48.5 Å². The molecular formula is C25H27F2N4O8P. The van der Waals surface area contributed by atoms with E-state index in [1.807, 2.05) is 0 Å². The molecule has 2 unspecified atom stereocenters. The van der Waals surface area contributed by atoms with Crippen molar-refractivity contribution in [3.8, 4) is 5.75 Å².